The molecule has 3 rings (SSSR count). The van der Waals surface area contributed by atoms with Gasteiger partial charge in [-0.05, 0) is 45.4 Å². The summed E-state index contributed by atoms with van der Waals surface area (Å²) < 4.78 is 19.8. The lowest BCUT2D eigenvalue weighted by molar-refractivity contribution is -0.123. The normalized spacial score (nSPS) is 26.4. The van der Waals surface area contributed by atoms with Gasteiger partial charge in [0.05, 0.1) is 29.4 Å². The molecule has 3 aliphatic rings. The molecule has 5 N–H and O–H groups in total. The predicted molar refractivity (Wildman–Crippen MR) is 183 cm³/mol. The van der Waals surface area contributed by atoms with E-state index in [1.54, 1.807) is 6.08 Å². The maximum Gasteiger partial charge on any atom is 0.306 e. The summed E-state index contributed by atoms with van der Waals surface area (Å²) in [7, 11) is 2.13. The topological polar surface area (TPSA) is 105 Å². The predicted octanol–water partition coefficient (Wildman–Crippen LogP) is 4.17. The van der Waals surface area contributed by atoms with Crippen LogP contribution < -0.4 is 21.5 Å². The van der Waals surface area contributed by atoms with Gasteiger partial charge < -0.3 is 26.6 Å². The number of likely N-dealkylation sites (N-methyl/N-ethyl adjacent to an activating group) is 1. The van der Waals surface area contributed by atoms with Crippen LogP contribution in [0.3, 0.4) is 0 Å². The number of amides is 1. The fourth-order valence-corrected chi connectivity index (χ4v) is 7.64. The highest BCUT2D eigenvalue weighted by molar-refractivity contribution is 6.22. The second-order valence-corrected chi connectivity index (χ2v) is 13.7. The molecule has 4 atom stereocenters. The van der Waals surface area contributed by atoms with E-state index < -0.39 is 18.3 Å². The summed E-state index contributed by atoms with van der Waals surface area (Å²) in [6, 6.07) is 0. The Hall–Kier alpha value is -1.74. The van der Waals surface area contributed by atoms with Crippen LogP contribution in [0.5, 0.6) is 0 Å². The van der Waals surface area contributed by atoms with E-state index in [-0.39, 0.29) is 16.7 Å². The fraction of sp³-hybridized carbons (Fsp3) is 0.794. The van der Waals surface area contributed by atoms with Crippen molar-refractivity contribution in [2.75, 3.05) is 52.9 Å². The lowest BCUT2D eigenvalue weighted by atomic mass is 9.67. The van der Waals surface area contributed by atoms with Gasteiger partial charge in [-0.25, -0.2) is 4.39 Å². The zero-order valence-corrected chi connectivity index (χ0v) is 28.8. The van der Waals surface area contributed by atoms with Crippen LogP contribution in [0.4, 0.5) is 4.39 Å². The molecule has 4 unspecified atom stereocenters. The summed E-state index contributed by atoms with van der Waals surface area (Å²) >= 11 is 7.12. The highest BCUT2D eigenvalue weighted by atomic mass is 35.5. The first-order chi connectivity index (χ1) is 21.1. The molecule has 0 aromatic heterocycles. The van der Waals surface area contributed by atoms with Crippen LogP contribution in [0.15, 0.2) is 23.0 Å². The Morgan fingerprint density at radius 3 is 2.43 bits per heavy atom. The Bertz CT molecular complexity index is 1060. The molecule has 8 nitrogen and oxygen atoms in total. The molecular formula is C34H60ClFN7O+. The minimum Gasteiger partial charge on any atom is -0.370 e. The second-order valence-electron chi connectivity index (χ2n) is 13.1. The molecule has 0 aromatic rings. The Morgan fingerprint density at radius 2 is 1.82 bits per heavy atom. The van der Waals surface area contributed by atoms with E-state index in [4.69, 9.17) is 23.1 Å². The van der Waals surface area contributed by atoms with Gasteiger partial charge >= 0.3 is 6.21 Å². The molecule has 1 saturated heterocycles. The molecule has 0 aliphatic carbocycles. The average molecular weight is 637 g/mol. The third-order valence-corrected chi connectivity index (χ3v) is 10.2. The first-order valence-electron chi connectivity index (χ1n) is 17.2. The van der Waals surface area contributed by atoms with Crippen molar-refractivity contribution in [1.82, 2.24) is 24.7 Å². The number of unbranched alkanes of at least 4 members (excludes halogenated alkanes) is 4. The van der Waals surface area contributed by atoms with Crippen LogP contribution in [0.1, 0.15) is 91.9 Å². The minimum absolute atomic E-state index is 0.239. The number of nitrogens with zero attached hydrogens (tertiary/aromatic N) is 4. The number of halogens is 2. The molecule has 0 aromatic carbocycles. The molecule has 1 fully saturated rings. The van der Waals surface area contributed by atoms with Crippen molar-refractivity contribution in [2.45, 2.75) is 110 Å². The Labute approximate surface area is 271 Å². The monoisotopic (exact) mass is 636 g/mol. The summed E-state index contributed by atoms with van der Waals surface area (Å²) in [4.78, 5) is 21.3. The Kier molecular flexibility index (Phi) is 14.9. The third-order valence-electron chi connectivity index (χ3n) is 9.89. The van der Waals surface area contributed by atoms with Crippen molar-refractivity contribution >= 4 is 29.4 Å². The molecule has 3 aliphatic heterocycles. The maximum absolute atomic E-state index is 15.2. The zero-order valence-electron chi connectivity index (χ0n) is 28.1. The van der Waals surface area contributed by atoms with Gasteiger partial charge in [-0.15, -0.1) is 16.3 Å². The molecule has 44 heavy (non-hydrogen) atoms. The quantitative estimate of drug-likeness (QED) is 0.0820. The first kappa shape index (κ1) is 36.7. The Balaban J connectivity index is 1.97. The number of piperazine rings is 1. The van der Waals surface area contributed by atoms with Gasteiger partial charge in [-0.2, -0.15) is 0 Å². The van der Waals surface area contributed by atoms with Crippen LogP contribution in [0.25, 0.3) is 0 Å². The number of rotatable bonds is 15. The smallest absolute Gasteiger partial charge is 0.306 e. The van der Waals surface area contributed by atoms with E-state index in [0.29, 0.717) is 18.7 Å². The number of nitrogens with two attached hydrogens (primary N) is 2. The van der Waals surface area contributed by atoms with Crippen LogP contribution in [-0.4, -0.2) is 103 Å². The number of hydrogen-bond donors (Lipinski definition) is 3. The van der Waals surface area contributed by atoms with E-state index in [2.05, 4.69) is 59.4 Å². The van der Waals surface area contributed by atoms with Crippen LogP contribution in [0.2, 0.25) is 0 Å². The molecule has 3 heterocycles. The highest BCUT2D eigenvalue weighted by Crippen LogP contribution is 2.43. The van der Waals surface area contributed by atoms with Crippen LogP contribution >= 0.6 is 11.6 Å². The first-order valence-corrected chi connectivity index (χ1v) is 17.6. The number of hydrogen-bond acceptors (Lipinski definition) is 6. The summed E-state index contributed by atoms with van der Waals surface area (Å²) in [6.45, 7) is 14.5. The molecule has 0 radical (unpaired) electrons. The summed E-state index contributed by atoms with van der Waals surface area (Å²) in [5, 5.41) is 3.04. The number of alkyl halides is 2. The second kappa shape index (κ2) is 17.8. The molecule has 1 amide bonds. The van der Waals surface area contributed by atoms with Gasteiger partial charge in [-0.1, -0.05) is 65.4 Å². The van der Waals surface area contributed by atoms with Crippen molar-refractivity contribution in [1.29, 1.82) is 0 Å². The third kappa shape index (κ3) is 9.63. The summed E-state index contributed by atoms with van der Waals surface area (Å²) in [6.07, 6.45) is 10.4. The van der Waals surface area contributed by atoms with Gasteiger partial charge in [0, 0.05) is 44.7 Å². The minimum atomic E-state index is -1.33. The van der Waals surface area contributed by atoms with E-state index in [0.717, 1.165) is 94.8 Å². The fourth-order valence-electron chi connectivity index (χ4n) is 7.18. The largest absolute Gasteiger partial charge is 0.370 e. The van der Waals surface area contributed by atoms with Gasteiger partial charge in [0.2, 0.25) is 12.1 Å². The number of allylic oxidation sites excluding steroid dienone is 2. The van der Waals surface area contributed by atoms with E-state index in [1.807, 2.05) is 0 Å². The van der Waals surface area contributed by atoms with E-state index >= 15 is 4.39 Å². The van der Waals surface area contributed by atoms with Crippen LogP contribution in [-0.2, 0) is 4.79 Å². The van der Waals surface area contributed by atoms with Crippen molar-refractivity contribution in [3.8, 4) is 0 Å². The molecule has 0 saturated carbocycles. The van der Waals surface area contributed by atoms with Gasteiger partial charge in [-0.3, -0.25) is 9.69 Å². The lowest BCUT2D eigenvalue weighted by Crippen LogP contribution is -2.55. The maximum atomic E-state index is 15.2. The molecule has 250 valence electrons. The Morgan fingerprint density at radius 1 is 1.11 bits per heavy atom. The number of carbonyl (C=O) groups is 1. The highest BCUT2D eigenvalue weighted by Gasteiger charge is 2.45. The van der Waals surface area contributed by atoms with E-state index in [1.165, 1.54) is 25.5 Å². The van der Waals surface area contributed by atoms with Crippen molar-refractivity contribution < 1.29 is 9.18 Å². The van der Waals surface area contributed by atoms with Crippen molar-refractivity contribution in [3.05, 3.63) is 23.0 Å². The standard InChI is InChI=1S/C34H59ClFN7O/c1-6-10-12-13-15-42-23-27(35)31(43-18-16-41(5)17-19-43)29(24-42)40-33(44)30(32(37)38)28-21-34(9-4,14-11-7-2)25(8-3)20-26(36)22-39-28/h20,22,26-27,30,32H,6-19,21,23-24,37-38H2,1-5H3/p+1. The molecule has 10 heteroatoms. The SMILES string of the molecule is CCCCCCN1CC(NC(=O)C(C2=[N+]=CC(F)C=C(CC)C(CC)(CCCC)C2)C(N)N)=C(N2CCN(C)CC2)C(Cl)C1. The van der Waals surface area contributed by atoms with Crippen molar-refractivity contribution in [3.63, 3.8) is 0 Å². The molecule has 0 spiro atoms. The molecular weight excluding hydrogens is 577 g/mol. The van der Waals surface area contributed by atoms with Gasteiger partial charge in [0.25, 0.3) is 5.71 Å². The number of carbonyl (C=O) groups excluding carboxylic acids is 1. The van der Waals surface area contributed by atoms with Gasteiger partial charge in [0.15, 0.2) is 5.92 Å². The summed E-state index contributed by atoms with van der Waals surface area (Å²) in [5.41, 5.74) is 16.0. The summed E-state index contributed by atoms with van der Waals surface area (Å²) in [5.74, 6) is -1.18. The number of nitrogens with one attached hydrogen (secondary N) is 1. The lowest BCUT2D eigenvalue weighted by Gasteiger charge is -2.42. The van der Waals surface area contributed by atoms with E-state index in [9.17, 15) is 4.79 Å². The van der Waals surface area contributed by atoms with Crippen molar-refractivity contribution in [2.24, 2.45) is 22.8 Å². The average Bonchev–Trinajstić information content (AvgIpc) is 2.98. The van der Waals surface area contributed by atoms with Gasteiger partial charge in [0.1, 0.15) is 0 Å². The van der Waals surface area contributed by atoms with Crippen LogP contribution in [0, 0.1) is 11.3 Å². The molecule has 0 bridgehead atoms. The zero-order chi connectivity index (χ0) is 32.3.